The van der Waals surface area contributed by atoms with Crippen molar-refractivity contribution in [1.29, 1.82) is 0 Å². The molecule has 1 heterocycles. The summed E-state index contributed by atoms with van der Waals surface area (Å²) in [6.07, 6.45) is 1.80. The van der Waals surface area contributed by atoms with Crippen LogP contribution in [0.3, 0.4) is 0 Å². The molecule has 2 rings (SSSR count). The van der Waals surface area contributed by atoms with Crippen LogP contribution < -0.4 is 14.8 Å². The number of pyridine rings is 1. The quantitative estimate of drug-likeness (QED) is 0.787. The lowest BCUT2D eigenvalue weighted by Crippen LogP contribution is -2.24. The first-order valence-corrected chi connectivity index (χ1v) is 6.71. The topological polar surface area (TPSA) is 43.4 Å². The van der Waals surface area contributed by atoms with Crippen molar-refractivity contribution in [3.63, 3.8) is 0 Å². The molecule has 1 aromatic heterocycles. The molecule has 0 unspecified atom stereocenters. The number of benzene rings is 1. The van der Waals surface area contributed by atoms with E-state index in [0.717, 1.165) is 23.7 Å². The summed E-state index contributed by atoms with van der Waals surface area (Å²) in [5.74, 6) is 1.52. The third kappa shape index (κ3) is 3.96. The molecule has 0 saturated carbocycles. The Morgan fingerprint density at radius 3 is 2.55 bits per heavy atom. The van der Waals surface area contributed by atoms with E-state index in [1.54, 1.807) is 13.3 Å². The molecule has 4 nitrogen and oxygen atoms in total. The molecule has 2 aromatic rings. The summed E-state index contributed by atoms with van der Waals surface area (Å²) in [7, 11) is 1.64. The van der Waals surface area contributed by atoms with E-state index in [-0.39, 0.29) is 6.04 Å². The van der Waals surface area contributed by atoms with E-state index >= 15 is 0 Å². The summed E-state index contributed by atoms with van der Waals surface area (Å²) in [4.78, 5) is 4.32. The summed E-state index contributed by atoms with van der Waals surface area (Å²) < 4.78 is 10.9. The van der Waals surface area contributed by atoms with Crippen LogP contribution >= 0.6 is 0 Å². The second-order valence-electron chi connectivity index (χ2n) is 4.43. The van der Waals surface area contributed by atoms with Crippen LogP contribution in [0.2, 0.25) is 0 Å². The van der Waals surface area contributed by atoms with Gasteiger partial charge in [0.2, 0.25) is 0 Å². The van der Waals surface area contributed by atoms with Gasteiger partial charge in [-0.2, -0.15) is 0 Å². The molecule has 0 saturated heterocycles. The highest BCUT2D eigenvalue weighted by Crippen LogP contribution is 2.25. The highest BCUT2D eigenvalue weighted by Gasteiger charge is 2.06. The van der Waals surface area contributed by atoms with Crippen LogP contribution in [-0.4, -0.2) is 25.2 Å². The first kappa shape index (κ1) is 14.3. The molecule has 1 aromatic carbocycles. The average Bonchev–Trinajstić information content (AvgIpc) is 2.52. The van der Waals surface area contributed by atoms with Gasteiger partial charge < -0.3 is 14.8 Å². The molecule has 1 atom stereocenters. The Morgan fingerprint density at radius 2 is 1.85 bits per heavy atom. The Kier molecular flexibility index (Phi) is 5.38. The van der Waals surface area contributed by atoms with Crippen molar-refractivity contribution in [2.24, 2.45) is 0 Å². The maximum Gasteiger partial charge on any atom is 0.161 e. The number of aromatic nitrogens is 1. The van der Waals surface area contributed by atoms with Gasteiger partial charge in [-0.15, -0.1) is 0 Å². The fourth-order valence-corrected chi connectivity index (χ4v) is 1.91. The van der Waals surface area contributed by atoms with E-state index in [0.29, 0.717) is 6.61 Å². The van der Waals surface area contributed by atoms with Gasteiger partial charge in [0.1, 0.15) is 6.61 Å². The van der Waals surface area contributed by atoms with Gasteiger partial charge in [0.15, 0.2) is 11.5 Å². The smallest absolute Gasteiger partial charge is 0.161 e. The van der Waals surface area contributed by atoms with Gasteiger partial charge in [-0.1, -0.05) is 18.2 Å². The van der Waals surface area contributed by atoms with E-state index < -0.39 is 0 Å². The van der Waals surface area contributed by atoms with Crippen LogP contribution in [-0.2, 0) is 0 Å². The lowest BCUT2D eigenvalue weighted by atomic mass is 10.2. The van der Waals surface area contributed by atoms with Crippen molar-refractivity contribution < 1.29 is 9.47 Å². The fourth-order valence-electron chi connectivity index (χ4n) is 1.91. The number of ether oxygens (including phenoxy) is 2. The summed E-state index contributed by atoms with van der Waals surface area (Å²) in [6, 6.07) is 13.8. The van der Waals surface area contributed by atoms with Crippen molar-refractivity contribution >= 4 is 0 Å². The molecule has 4 heteroatoms. The van der Waals surface area contributed by atoms with Gasteiger partial charge in [-0.05, 0) is 31.2 Å². The zero-order valence-corrected chi connectivity index (χ0v) is 11.9. The highest BCUT2D eigenvalue weighted by atomic mass is 16.5. The van der Waals surface area contributed by atoms with E-state index in [4.69, 9.17) is 9.47 Å². The first-order chi connectivity index (χ1) is 9.81. The SMILES string of the molecule is COc1ccccc1OCCN[C@H](C)c1ccccn1. The minimum atomic E-state index is 0.206. The molecule has 0 radical (unpaired) electrons. The molecular formula is C16H20N2O2. The standard InChI is InChI=1S/C16H20N2O2/c1-13(14-7-5-6-10-18-14)17-11-12-20-16-9-4-3-8-15(16)19-2/h3-10,13,17H,11-12H2,1-2H3/t13-/m1/s1. The molecule has 0 fully saturated rings. The van der Waals surface area contributed by atoms with Gasteiger partial charge in [-0.25, -0.2) is 0 Å². The van der Waals surface area contributed by atoms with Crippen LogP contribution in [0.1, 0.15) is 18.7 Å². The maximum atomic E-state index is 5.71. The highest BCUT2D eigenvalue weighted by molar-refractivity contribution is 5.39. The zero-order valence-electron chi connectivity index (χ0n) is 11.9. The lowest BCUT2D eigenvalue weighted by Gasteiger charge is -2.14. The van der Waals surface area contributed by atoms with E-state index in [1.807, 2.05) is 42.5 Å². The molecule has 0 aliphatic rings. The number of nitrogens with zero attached hydrogens (tertiary/aromatic N) is 1. The lowest BCUT2D eigenvalue weighted by molar-refractivity contribution is 0.287. The largest absolute Gasteiger partial charge is 0.493 e. The van der Waals surface area contributed by atoms with Crippen molar-refractivity contribution in [3.05, 3.63) is 54.4 Å². The third-order valence-corrected chi connectivity index (χ3v) is 3.01. The van der Waals surface area contributed by atoms with E-state index in [1.165, 1.54) is 0 Å². The zero-order chi connectivity index (χ0) is 14.2. The van der Waals surface area contributed by atoms with Gasteiger partial charge in [0.25, 0.3) is 0 Å². The Bertz CT molecular complexity index is 517. The van der Waals surface area contributed by atoms with Crippen molar-refractivity contribution in [1.82, 2.24) is 10.3 Å². The molecule has 20 heavy (non-hydrogen) atoms. The molecule has 1 N–H and O–H groups in total. The molecule has 0 aliphatic carbocycles. The average molecular weight is 272 g/mol. The van der Waals surface area contributed by atoms with Gasteiger partial charge in [0.05, 0.1) is 12.8 Å². The Balaban J connectivity index is 1.76. The fraction of sp³-hybridized carbons (Fsp3) is 0.312. The van der Waals surface area contributed by atoms with Crippen LogP contribution in [0.25, 0.3) is 0 Å². The number of hydrogen-bond donors (Lipinski definition) is 1. The maximum absolute atomic E-state index is 5.71. The van der Waals surface area contributed by atoms with E-state index in [9.17, 15) is 0 Å². The Labute approximate surface area is 119 Å². The van der Waals surface area contributed by atoms with Gasteiger partial charge in [0, 0.05) is 18.8 Å². The monoisotopic (exact) mass is 272 g/mol. The Hall–Kier alpha value is -2.07. The summed E-state index contributed by atoms with van der Waals surface area (Å²) in [5.41, 5.74) is 1.03. The molecular weight excluding hydrogens is 252 g/mol. The van der Waals surface area contributed by atoms with Gasteiger partial charge in [-0.3, -0.25) is 4.98 Å². The second-order valence-corrected chi connectivity index (χ2v) is 4.43. The molecule has 0 spiro atoms. The van der Waals surface area contributed by atoms with Crippen LogP contribution in [0, 0.1) is 0 Å². The number of rotatable bonds is 7. The number of nitrogens with one attached hydrogen (secondary N) is 1. The van der Waals surface area contributed by atoms with Crippen molar-refractivity contribution in [3.8, 4) is 11.5 Å². The van der Waals surface area contributed by atoms with Gasteiger partial charge >= 0.3 is 0 Å². The van der Waals surface area contributed by atoms with Crippen LogP contribution in [0.15, 0.2) is 48.7 Å². The third-order valence-electron chi connectivity index (χ3n) is 3.01. The minimum absolute atomic E-state index is 0.206. The molecule has 0 aliphatic heterocycles. The summed E-state index contributed by atoms with van der Waals surface area (Å²) in [5, 5.41) is 3.38. The molecule has 106 valence electrons. The summed E-state index contributed by atoms with van der Waals surface area (Å²) >= 11 is 0. The predicted octanol–water partition coefficient (Wildman–Crippen LogP) is 2.82. The van der Waals surface area contributed by atoms with Crippen LogP contribution in [0.5, 0.6) is 11.5 Å². The normalized spacial score (nSPS) is 11.9. The van der Waals surface area contributed by atoms with Crippen LogP contribution in [0.4, 0.5) is 0 Å². The Morgan fingerprint density at radius 1 is 1.10 bits per heavy atom. The first-order valence-electron chi connectivity index (χ1n) is 6.71. The minimum Gasteiger partial charge on any atom is -0.493 e. The van der Waals surface area contributed by atoms with Crippen molar-refractivity contribution in [2.45, 2.75) is 13.0 Å². The molecule has 0 bridgehead atoms. The number of hydrogen-bond acceptors (Lipinski definition) is 4. The van der Waals surface area contributed by atoms with E-state index in [2.05, 4.69) is 17.2 Å². The number of para-hydroxylation sites is 2. The predicted molar refractivity (Wildman–Crippen MR) is 79.1 cm³/mol. The molecule has 0 amide bonds. The van der Waals surface area contributed by atoms with Crippen molar-refractivity contribution in [2.75, 3.05) is 20.3 Å². The second kappa shape index (κ2) is 7.50. The summed E-state index contributed by atoms with van der Waals surface area (Å²) in [6.45, 7) is 3.42. The number of methoxy groups -OCH3 is 1.